The van der Waals surface area contributed by atoms with Crippen molar-refractivity contribution in [1.29, 1.82) is 0 Å². The van der Waals surface area contributed by atoms with Crippen LogP contribution in [-0.4, -0.2) is 34.8 Å². The summed E-state index contributed by atoms with van der Waals surface area (Å²) in [7, 11) is 1.49. The fourth-order valence-electron chi connectivity index (χ4n) is 2.38. The molecule has 0 unspecified atom stereocenters. The van der Waals surface area contributed by atoms with Crippen LogP contribution in [0.4, 0.5) is 5.69 Å². The zero-order valence-electron chi connectivity index (χ0n) is 14.3. The van der Waals surface area contributed by atoms with Gasteiger partial charge in [-0.05, 0) is 12.1 Å². The van der Waals surface area contributed by atoms with Crippen LogP contribution in [0.1, 0.15) is 13.8 Å². The molecule has 136 valence electrons. The van der Waals surface area contributed by atoms with Gasteiger partial charge in [0.05, 0.1) is 24.6 Å². The SMILES string of the molecule is COc1cc(N=C(N)C2=C(O)OC(C)(C)OC2=O)ccc1-c1cnco1. The summed E-state index contributed by atoms with van der Waals surface area (Å²) in [5.41, 5.74) is 6.57. The molecule has 0 spiro atoms. The predicted molar refractivity (Wildman–Crippen MR) is 90.7 cm³/mol. The number of hydrogen-bond acceptors (Lipinski definition) is 8. The Morgan fingerprint density at radius 3 is 2.73 bits per heavy atom. The van der Waals surface area contributed by atoms with Gasteiger partial charge < -0.3 is 29.5 Å². The van der Waals surface area contributed by atoms with Crippen molar-refractivity contribution in [2.24, 2.45) is 10.7 Å². The molecule has 1 aromatic heterocycles. The number of amidine groups is 1. The molecule has 9 heteroatoms. The lowest BCUT2D eigenvalue weighted by Crippen LogP contribution is -2.40. The molecule has 0 aliphatic carbocycles. The first kappa shape index (κ1) is 17.3. The summed E-state index contributed by atoms with van der Waals surface area (Å²) in [5, 5.41) is 9.95. The maximum absolute atomic E-state index is 12.1. The monoisotopic (exact) mass is 359 g/mol. The predicted octanol–water partition coefficient (Wildman–Crippen LogP) is 2.42. The Kier molecular flexibility index (Phi) is 4.29. The lowest BCUT2D eigenvalue weighted by molar-refractivity contribution is -0.220. The third-order valence-electron chi connectivity index (χ3n) is 3.49. The van der Waals surface area contributed by atoms with Crippen molar-refractivity contribution >= 4 is 17.5 Å². The number of aromatic nitrogens is 1. The Morgan fingerprint density at radius 2 is 2.12 bits per heavy atom. The van der Waals surface area contributed by atoms with E-state index in [2.05, 4.69) is 9.98 Å². The Labute approximate surface area is 148 Å². The lowest BCUT2D eigenvalue weighted by atomic mass is 10.1. The standard InChI is InChI=1S/C17H17N3O6/c1-17(2)25-15(21)13(16(22)26-17)14(18)20-9-4-5-10(11(6-9)23-3)12-7-19-8-24-12/h4-8,21H,1-3H3,(H2,18,20). The van der Waals surface area contributed by atoms with Crippen molar-refractivity contribution in [3.05, 3.63) is 42.3 Å². The largest absolute Gasteiger partial charge is 0.496 e. The topological polar surface area (TPSA) is 129 Å². The molecule has 3 rings (SSSR count). The summed E-state index contributed by atoms with van der Waals surface area (Å²) in [6, 6.07) is 4.95. The number of nitrogens with zero attached hydrogens (tertiary/aromatic N) is 2. The number of esters is 1. The number of nitrogens with two attached hydrogens (primary N) is 1. The first-order chi connectivity index (χ1) is 12.3. The van der Waals surface area contributed by atoms with Crippen LogP contribution in [-0.2, 0) is 14.3 Å². The minimum absolute atomic E-state index is 0.252. The Bertz CT molecular complexity index is 899. The highest BCUT2D eigenvalue weighted by atomic mass is 16.8. The number of ether oxygens (including phenoxy) is 3. The van der Waals surface area contributed by atoms with Crippen LogP contribution in [0.15, 0.2) is 51.7 Å². The molecular formula is C17H17N3O6. The number of carbonyl (C=O) groups is 1. The van der Waals surface area contributed by atoms with E-state index in [1.54, 1.807) is 24.4 Å². The van der Waals surface area contributed by atoms with E-state index >= 15 is 0 Å². The second-order valence-corrected chi connectivity index (χ2v) is 5.82. The first-order valence-electron chi connectivity index (χ1n) is 7.58. The minimum atomic E-state index is -1.28. The third-order valence-corrected chi connectivity index (χ3v) is 3.49. The molecule has 1 aliphatic heterocycles. The summed E-state index contributed by atoms with van der Waals surface area (Å²) in [5.74, 6) is -2.01. The van der Waals surface area contributed by atoms with Gasteiger partial charge in [-0.2, -0.15) is 0 Å². The van der Waals surface area contributed by atoms with Crippen molar-refractivity contribution in [3.63, 3.8) is 0 Å². The number of benzene rings is 1. The smallest absolute Gasteiger partial charge is 0.352 e. The van der Waals surface area contributed by atoms with E-state index in [9.17, 15) is 9.90 Å². The van der Waals surface area contributed by atoms with E-state index in [4.69, 9.17) is 24.4 Å². The summed E-state index contributed by atoms with van der Waals surface area (Å²) >= 11 is 0. The first-order valence-corrected chi connectivity index (χ1v) is 7.58. The van der Waals surface area contributed by atoms with Crippen LogP contribution in [0, 0.1) is 0 Å². The van der Waals surface area contributed by atoms with E-state index in [0.717, 1.165) is 0 Å². The molecule has 2 heterocycles. The number of oxazole rings is 1. The molecule has 0 saturated heterocycles. The van der Waals surface area contributed by atoms with Gasteiger partial charge in [-0.3, -0.25) is 0 Å². The van der Waals surface area contributed by atoms with Gasteiger partial charge in [0.25, 0.3) is 11.7 Å². The number of carbonyl (C=O) groups excluding carboxylic acids is 1. The molecule has 0 fully saturated rings. The number of aliphatic imine (C=N–C) groups is 1. The van der Waals surface area contributed by atoms with Crippen molar-refractivity contribution in [2.45, 2.75) is 19.6 Å². The fourth-order valence-corrected chi connectivity index (χ4v) is 2.38. The Morgan fingerprint density at radius 1 is 1.35 bits per heavy atom. The molecule has 1 aliphatic rings. The normalized spacial score (nSPS) is 16.9. The van der Waals surface area contributed by atoms with Gasteiger partial charge in [-0.1, -0.05) is 0 Å². The van der Waals surface area contributed by atoms with Crippen LogP contribution in [0.25, 0.3) is 11.3 Å². The van der Waals surface area contributed by atoms with Crippen molar-refractivity contribution in [1.82, 2.24) is 4.98 Å². The van der Waals surface area contributed by atoms with E-state index in [-0.39, 0.29) is 11.4 Å². The van der Waals surface area contributed by atoms with E-state index in [0.29, 0.717) is 22.8 Å². The average Bonchev–Trinajstić information content (AvgIpc) is 3.06. The second kappa shape index (κ2) is 6.43. The lowest BCUT2D eigenvalue weighted by Gasteiger charge is -2.30. The number of methoxy groups -OCH3 is 1. The Balaban J connectivity index is 1.96. The number of cyclic esters (lactones) is 1. The molecule has 0 radical (unpaired) electrons. The van der Waals surface area contributed by atoms with Crippen molar-refractivity contribution < 1.29 is 28.5 Å². The summed E-state index contributed by atoms with van der Waals surface area (Å²) < 4.78 is 20.7. The highest BCUT2D eigenvalue weighted by molar-refractivity contribution is 6.19. The van der Waals surface area contributed by atoms with Crippen LogP contribution in [0.2, 0.25) is 0 Å². The minimum Gasteiger partial charge on any atom is -0.496 e. The van der Waals surface area contributed by atoms with Gasteiger partial charge in [0.1, 0.15) is 11.6 Å². The molecule has 26 heavy (non-hydrogen) atoms. The van der Waals surface area contributed by atoms with Gasteiger partial charge in [0.2, 0.25) is 0 Å². The molecule has 3 N–H and O–H groups in total. The summed E-state index contributed by atoms with van der Waals surface area (Å²) in [6.07, 6.45) is 2.86. The van der Waals surface area contributed by atoms with Gasteiger partial charge in [-0.15, -0.1) is 0 Å². The molecule has 0 atom stereocenters. The van der Waals surface area contributed by atoms with Crippen LogP contribution in [0.3, 0.4) is 0 Å². The number of aliphatic hydroxyl groups is 1. The summed E-state index contributed by atoms with van der Waals surface area (Å²) in [6.45, 7) is 2.97. The highest BCUT2D eigenvalue weighted by Crippen LogP contribution is 2.33. The number of rotatable bonds is 4. The Hall–Kier alpha value is -3.49. The number of aliphatic hydroxyl groups excluding tert-OH is 1. The molecule has 0 saturated carbocycles. The molecule has 1 aromatic carbocycles. The second-order valence-electron chi connectivity index (χ2n) is 5.82. The van der Waals surface area contributed by atoms with Gasteiger partial charge in [0.15, 0.2) is 17.7 Å². The maximum atomic E-state index is 12.1. The van der Waals surface area contributed by atoms with Gasteiger partial charge in [-0.25, -0.2) is 14.8 Å². The molecule has 0 bridgehead atoms. The zero-order valence-corrected chi connectivity index (χ0v) is 14.3. The van der Waals surface area contributed by atoms with Gasteiger partial charge in [0, 0.05) is 19.9 Å². The van der Waals surface area contributed by atoms with Crippen LogP contribution < -0.4 is 10.5 Å². The molecule has 9 nitrogen and oxygen atoms in total. The molecular weight excluding hydrogens is 342 g/mol. The van der Waals surface area contributed by atoms with Crippen LogP contribution in [0.5, 0.6) is 5.75 Å². The van der Waals surface area contributed by atoms with E-state index in [1.165, 1.54) is 27.4 Å². The van der Waals surface area contributed by atoms with Crippen molar-refractivity contribution in [2.75, 3.05) is 7.11 Å². The molecule has 2 aromatic rings. The van der Waals surface area contributed by atoms with Crippen molar-refractivity contribution in [3.8, 4) is 17.1 Å². The molecule has 0 amide bonds. The highest BCUT2D eigenvalue weighted by Gasteiger charge is 2.38. The third kappa shape index (κ3) is 3.32. The van der Waals surface area contributed by atoms with E-state index in [1.807, 2.05) is 0 Å². The van der Waals surface area contributed by atoms with E-state index < -0.39 is 17.7 Å². The van der Waals surface area contributed by atoms with Gasteiger partial charge >= 0.3 is 5.97 Å². The number of hydrogen-bond donors (Lipinski definition) is 2. The quantitative estimate of drug-likeness (QED) is 0.484. The fraction of sp³-hybridized carbons (Fsp3) is 0.235. The average molecular weight is 359 g/mol. The summed E-state index contributed by atoms with van der Waals surface area (Å²) in [4.78, 5) is 20.1. The maximum Gasteiger partial charge on any atom is 0.352 e. The van der Waals surface area contributed by atoms with Crippen LogP contribution >= 0.6 is 0 Å². The zero-order chi connectivity index (χ0) is 18.9.